The molecular formula is C19H27FN2O2. The van der Waals surface area contributed by atoms with E-state index in [0.717, 1.165) is 18.5 Å². The summed E-state index contributed by atoms with van der Waals surface area (Å²) in [5.41, 5.74) is 0.840. The molecule has 0 bridgehead atoms. The lowest BCUT2D eigenvalue weighted by atomic mass is 10.1. The van der Waals surface area contributed by atoms with E-state index in [2.05, 4.69) is 0 Å². The quantitative estimate of drug-likeness (QED) is 0.831. The Bertz CT molecular complexity index is 574. The topological polar surface area (TPSA) is 40.6 Å². The zero-order chi connectivity index (χ0) is 17.5. The predicted octanol–water partition coefficient (Wildman–Crippen LogP) is 2.87. The minimum absolute atomic E-state index is 0.0809. The average Bonchev–Trinajstić information content (AvgIpc) is 2.78. The highest BCUT2D eigenvalue weighted by atomic mass is 19.1. The van der Waals surface area contributed by atoms with Gasteiger partial charge in [-0.15, -0.1) is 0 Å². The molecule has 1 aliphatic rings. The van der Waals surface area contributed by atoms with Crippen molar-refractivity contribution in [2.24, 2.45) is 5.92 Å². The molecule has 132 valence electrons. The van der Waals surface area contributed by atoms with Crippen molar-refractivity contribution in [2.75, 3.05) is 26.2 Å². The number of nitrogens with zero attached hydrogens (tertiary/aromatic N) is 2. The number of halogens is 1. The van der Waals surface area contributed by atoms with Crippen molar-refractivity contribution in [3.63, 3.8) is 0 Å². The van der Waals surface area contributed by atoms with Crippen LogP contribution >= 0.6 is 0 Å². The molecule has 1 aliphatic heterocycles. The molecule has 1 aromatic carbocycles. The van der Waals surface area contributed by atoms with Crippen LogP contribution in [0.15, 0.2) is 24.3 Å². The Morgan fingerprint density at radius 3 is 2.38 bits per heavy atom. The first-order valence-electron chi connectivity index (χ1n) is 8.75. The van der Waals surface area contributed by atoms with Crippen molar-refractivity contribution in [3.8, 4) is 0 Å². The molecule has 1 heterocycles. The van der Waals surface area contributed by atoms with E-state index >= 15 is 0 Å². The van der Waals surface area contributed by atoms with Crippen LogP contribution in [0.25, 0.3) is 0 Å². The molecule has 1 fully saturated rings. The molecule has 0 unspecified atom stereocenters. The molecule has 4 nitrogen and oxygen atoms in total. The summed E-state index contributed by atoms with van der Waals surface area (Å²) in [7, 11) is 0. The van der Waals surface area contributed by atoms with Gasteiger partial charge in [0.05, 0.1) is 0 Å². The first kappa shape index (κ1) is 18.4. The van der Waals surface area contributed by atoms with Gasteiger partial charge < -0.3 is 9.80 Å². The Morgan fingerprint density at radius 1 is 1.08 bits per heavy atom. The van der Waals surface area contributed by atoms with Crippen LogP contribution in [0.5, 0.6) is 0 Å². The van der Waals surface area contributed by atoms with Crippen LogP contribution in [0, 0.1) is 11.7 Å². The molecule has 1 saturated heterocycles. The number of carbonyl (C=O) groups excluding carboxylic acids is 2. The number of hydrogen-bond donors (Lipinski definition) is 0. The summed E-state index contributed by atoms with van der Waals surface area (Å²) in [6, 6.07) is 6.38. The Kier molecular flexibility index (Phi) is 6.76. The highest BCUT2D eigenvalue weighted by molar-refractivity contribution is 5.78. The van der Waals surface area contributed by atoms with Gasteiger partial charge in [0.1, 0.15) is 5.82 Å². The van der Waals surface area contributed by atoms with Gasteiger partial charge in [-0.3, -0.25) is 9.59 Å². The number of aryl methyl sites for hydroxylation is 1. The standard InChI is InChI=1S/C19H27FN2O2/c1-15(2)13-19(24)22-10-4-9-21(11-12-22)18(23)8-7-16-5-3-6-17(20)14-16/h3,5-6,14-15H,4,7-13H2,1-2H3. The lowest BCUT2D eigenvalue weighted by molar-refractivity contribution is -0.134. The van der Waals surface area contributed by atoms with Gasteiger partial charge in [0.25, 0.3) is 0 Å². The van der Waals surface area contributed by atoms with E-state index in [0.29, 0.717) is 44.8 Å². The van der Waals surface area contributed by atoms with Crippen molar-refractivity contribution in [1.82, 2.24) is 9.80 Å². The van der Waals surface area contributed by atoms with Crippen molar-refractivity contribution < 1.29 is 14.0 Å². The molecule has 2 rings (SSSR count). The van der Waals surface area contributed by atoms with Crippen molar-refractivity contribution in [1.29, 1.82) is 0 Å². The number of amides is 2. The third-order valence-corrected chi connectivity index (χ3v) is 4.30. The minimum Gasteiger partial charge on any atom is -0.341 e. The lowest BCUT2D eigenvalue weighted by Crippen LogP contribution is -2.37. The molecule has 0 atom stereocenters. The van der Waals surface area contributed by atoms with E-state index in [-0.39, 0.29) is 17.6 Å². The van der Waals surface area contributed by atoms with Crippen LogP contribution in [0.4, 0.5) is 4.39 Å². The number of hydrogen-bond acceptors (Lipinski definition) is 2. The van der Waals surface area contributed by atoms with Gasteiger partial charge in [0, 0.05) is 39.0 Å². The molecule has 5 heteroatoms. The largest absolute Gasteiger partial charge is 0.341 e. The third-order valence-electron chi connectivity index (χ3n) is 4.30. The summed E-state index contributed by atoms with van der Waals surface area (Å²) >= 11 is 0. The lowest BCUT2D eigenvalue weighted by Gasteiger charge is -2.23. The summed E-state index contributed by atoms with van der Waals surface area (Å²) in [6.07, 6.45) is 2.30. The first-order valence-corrected chi connectivity index (χ1v) is 8.75. The molecule has 0 N–H and O–H groups in total. The van der Waals surface area contributed by atoms with Crippen LogP contribution in [-0.4, -0.2) is 47.8 Å². The number of rotatable bonds is 5. The summed E-state index contributed by atoms with van der Waals surface area (Å²) in [5.74, 6) is 0.343. The van der Waals surface area contributed by atoms with E-state index in [9.17, 15) is 14.0 Å². The third kappa shape index (κ3) is 5.62. The Balaban J connectivity index is 1.82. The first-order chi connectivity index (χ1) is 11.5. The molecule has 24 heavy (non-hydrogen) atoms. The highest BCUT2D eigenvalue weighted by Crippen LogP contribution is 2.11. The second-order valence-corrected chi connectivity index (χ2v) is 6.84. The summed E-state index contributed by atoms with van der Waals surface area (Å²) in [4.78, 5) is 28.3. The van der Waals surface area contributed by atoms with Crippen molar-refractivity contribution in [3.05, 3.63) is 35.6 Å². The Labute approximate surface area is 143 Å². The molecule has 1 aromatic rings. The van der Waals surface area contributed by atoms with Crippen LogP contribution < -0.4 is 0 Å². The van der Waals surface area contributed by atoms with Gasteiger partial charge in [-0.05, 0) is 36.5 Å². The maximum atomic E-state index is 13.2. The second-order valence-electron chi connectivity index (χ2n) is 6.84. The average molecular weight is 334 g/mol. The van der Waals surface area contributed by atoms with E-state index in [1.807, 2.05) is 29.7 Å². The van der Waals surface area contributed by atoms with Crippen LogP contribution in [-0.2, 0) is 16.0 Å². The fourth-order valence-electron chi connectivity index (χ4n) is 3.00. The Hall–Kier alpha value is -1.91. The summed E-state index contributed by atoms with van der Waals surface area (Å²) < 4.78 is 13.2. The number of benzene rings is 1. The maximum Gasteiger partial charge on any atom is 0.222 e. The molecule has 0 radical (unpaired) electrons. The Morgan fingerprint density at radius 2 is 1.75 bits per heavy atom. The molecule has 2 amide bonds. The van der Waals surface area contributed by atoms with E-state index in [4.69, 9.17) is 0 Å². The van der Waals surface area contributed by atoms with Crippen LogP contribution in [0.2, 0.25) is 0 Å². The van der Waals surface area contributed by atoms with Crippen molar-refractivity contribution >= 4 is 11.8 Å². The van der Waals surface area contributed by atoms with Gasteiger partial charge in [-0.25, -0.2) is 4.39 Å². The van der Waals surface area contributed by atoms with Gasteiger partial charge in [0.2, 0.25) is 11.8 Å². The minimum atomic E-state index is -0.269. The smallest absolute Gasteiger partial charge is 0.222 e. The zero-order valence-corrected chi connectivity index (χ0v) is 14.6. The predicted molar refractivity (Wildman–Crippen MR) is 92.0 cm³/mol. The van der Waals surface area contributed by atoms with Crippen molar-refractivity contribution in [2.45, 2.75) is 39.5 Å². The SMILES string of the molecule is CC(C)CC(=O)N1CCCN(C(=O)CCc2cccc(F)c2)CC1. The van der Waals surface area contributed by atoms with E-state index in [1.165, 1.54) is 12.1 Å². The maximum absolute atomic E-state index is 13.2. The molecule has 0 spiro atoms. The second kappa shape index (κ2) is 8.81. The fourth-order valence-corrected chi connectivity index (χ4v) is 3.00. The normalized spacial score (nSPS) is 15.5. The zero-order valence-electron chi connectivity index (χ0n) is 14.6. The van der Waals surface area contributed by atoms with E-state index < -0.39 is 0 Å². The van der Waals surface area contributed by atoms with Gasteiger partial charge in [-0.2, -0.15) is 0 Å². The molecular weight excluding hydrogens is 307 g/mol. The molecule has 0 aromatic heterocycles. The van der Waals surface area contributed by atoms with E-state index in [1.54, 1.807) is 6.07 Å². The molecule has 0 aliphatic carbocycles. The number of carbonyl (C=O) groups is 2. The van der Waals surface area contributed by atoms with Crippen LogP contribution in [0.3, 0.4) is 0 Å². The monoisotopic (exact) mass is 334 g/mol. The molecule has 0 saturated carbocycles. The summed E-state index contributed by atoms with van der Waals surface area (Å²) in [5, 5.41) is 0. The van der Waals surface area contributed by atoms with Gasteiger partial charge >= 0.3 is 0 Å². The highest BCUT2D eigenvalue weighted by Gasteiger charge is 2.22. The summed E-state index contributed by atoms with van der Waals surface area (Å²) in [6.45, 7) is 6.69. The van der Waals surface area contributed by atoms with Crippen LogP contribution in [0.1, 0.15) is 38.7 Å². The fraction of sp³-hybridized carbons (Fsp3) is 0.579. The van der Waals surface area contributed by atoms with Gasteiger partial charge in [0.15, 0.2) is 0 Å². The van der Waals surface area contributed by atoms with Gasteiger partial charge in [-0.1, -0.05) is 26.0 Å².